The van der Waals surface area contributed by atoms with E-state index >= 15 is 0 Å². The van der Waals surface area contributed by atoms with Gasteiger partial charge in [0.05, 0.1) is 15.6 Å². The van der Waals surface area contributed by atoms with Gasteiger partial charge in [0, 0.05) is 18.0 Å². The van der Waals surface area contributed by atoms with Crippen LogP contribution in [0.15, 0.2) is 87.7 Å². The molecule has 30 heavy (non-hydrogen) atoms. The van der Waals surface area contributed by atoms with Crippen LogP contribution >= 0.6 is 35.7 Å². The van der Waals surface area contributed by atoms with E-state index in [9.17, 15) is 4.79 Å². The highest BCUT2D eigenvalue weighted by Gasteiger charge is 2.30. The van der Waals surface area contributed by atoms with Gasteiger partial charge in [-0.2, -0.15) is 0 Å². The Bertz CT molecular complexity index is 1070. The second-order valence-corrected chi connectivity index (χ2v) is 9.47. The Labute approximate surface area is 191 Å². The second kappa shape index (κ2) is 9.25. The fourth-order valence-corrected chi connectivity index (χ4v) is 5.93. The van der Waals surface area contributed by atoms with E-state index < -0.39 is 0 Å². The van der Waals surface area contributed by atoms with Gasteiger partial charge in [0.25, 0.3) is 5.91 Å². The molecule has 2 aromatic rings. The van der Waals surface area contributed by atoms with Gasteiger partial charge in [-0.15, -0.1) is 0 Å². The summed E-state index contributed by atoms with van der Waals surface area (Å²) in [4.78, 5) is 18.5. The lowest BCUT2D eigenvalue weighted by atomic mass is 10.1. The minimum Gasteiger partial charge on any atom is -0.335 e. The van der Waals surface area contributed by atoms with Crippen molar-refractivity contribution < 1.29 is 4.79 Å². The lowest BCUT2D eigenvalue weighted by molar-refractivity contribution is -0.122. The molecule has 2 aromatic carbocycles. The number of amides is 1. The molecular weight excluding hydrogens is 428 g/mol. The summed E-state index contributed by atoms with van der Waals surface area (Å²) in [5, 5.41) is 1.18. The number of likely N-dealkylation sites (N-methyl/N-ethyl adjacent to an activating group) is 1. The second-order valence-electron chi connectivity index (χ2n) is 6.73. The Morgan fingerprint density at radius 2 is 1.67 bits per heavy atom. The van der Waals surface area contributed by atoms with Crippen molar-refractivity contribution in [2.45, 2.75) is 18.7 Å². The monoisotopic (exact) mass is 450 g/mol. The normalized spacial score (nSPS) is 19.3. The van der Waals surface area contributed by atoms with Crippen LogP contribution in [0.5, 0.6) is 0 Å². The van der Waals surface area contributed by atoms with Gasteiger partial charge in [0.2, 0.25) is 0 Å². The van der Waals surface area contributed by atoms with Crippen molar-refractivity contribution >= 4 is 57.2 Å². The Kier molecular flexibility index (Phi) is 6.46. The van der Waals surface area contributed by atoms with Crippen molar-refractivity contribution in [1.82, 2.24) is 4.90 Å². The van der Waals surface area contributed by atoms with Crippen molar-refractivity contribution in [3.05, 3.63) is 88.3 Å². The molecule has 0 aromatic heterocycles. The zero-order chi connectivity index (χ0) is 21.1. The highest BCUT2D eigenvalue weighted by molar-refractivity contribution is 8.26. The Balaban J connectivity index is 1.73. The fraction of sp³-hybridized carbons (Fsp3) is 0.167. The number of allylic oxidation sites excluding steroid dienone is 4. The Morgan fingerprint density at radius 1 is 0.967 bits per heavy atom. The number of hydrogen-bond acceptors (Lipinski definition) is 5. The van der Waals surface area contributed by atoms with Gasteiger partial charge < -0.3 is 4.90 Å². The first-order valence-electron chi connectivity index (χ1n) is 9.89. The highest BCUT2D eigenvalue weighted by atomic mass is 32.2. The van der Waals surface area contributed by atoms with Gasteiger partial charge >= 0.3 is 0 Å². The van der Waals surface area contributed by atoms with E-state index in [1.54, 1.807) is 16.7 Å². The standard InChI is InChI=1S/C24H22N2OS3/c1-3-25-19-12-8-9-13-20(19)29-22(25)16-18(17-10-6-5-7-11-17)14-15-21-23(27)26(4-2)24(28)30-21/h5-16H,3-4H2,1-2H3/b18-14-,21-15-,22-16?. The maximum absolute atomic E-state index is 12.6. The van der Waals surface area contributed by atoms with Gasteiger partial charge in [-0.3, -0.25) is 9.69 Å². The van der Waals surface area contributed by atoms with Crippen molar-refractivity contribution in [1.29, 1.82) is 0 Å². The SMILES string of the molecule is CCN1C(=O)/C(=C/C=C(/C=C2Sc3ccccc3N2CC)c2ccccc2)SC1=S. The van der Waals surface area contributed by atoms with Gasteiger partial charge in [0.1, 0.15) is 4.32 Å². The van der Waals surface area contributed by atoms with Crippen molar-refractivity contribution in [2.75, 3.05) is 18.0 Å². The summed E-state index contributed by atoms with van der Waals surface area (Å²) in [5.74, 6) is -0.0124. The molecule has 2 aliphatic heterocycles. The number of anilines is 1. The number of nitrogens with zero attached hydrogens (tertiary/aromatic N) is 2. The van der Waals surface area contributed by atoms with Crippen LogP contribution in [-0.2, 0) is 4.79 Å². The summed E-state index contributed by atoms with van der Waals surface area (Å²) in [5.41, 5.74) is 3.42. The van der Waals surface area contributed by atoms with Gasteiger partial charge in [-0.1, -0.05) is 84.3 Å². The van der Waals surface area contributed by atoms with Crippen molar-refractivity contribution in [3.8, 4) is 0 Å². The summed E-state index contributed by atoms with van der Waals surface area (Å²) in [6.45, 7) is 5.60. The molecule has 2 aliphatic rings. The van der Waals surface area contributed by atoms with E-state index in [0.29, 0.717) is 15.8 Å². The average molecular weight is 451 g/mol. The molecule has 0 saturated carbocycles. The lowest BCUT2D eigenvalue weighted by Crippen LogP contribution is -2.27. The third-order valence-electron chi connectivity index (χ3n) is 4.94. The molecule has 4 rings (SSSR count). The maximum atomic E-state index is 12.6. The molecular formula is C24H22N2OS3. The first-order chi connectivity index (χ1) is 14.6. The molecule has 1 amide bonds. The van der Waals surface area contributed by atoms with Gasteiger partial charge in [0.15, 0.2) is 0 Å². The molecule has 3 nitrogen and oxygen atoms in total. The molecule has 0 aliphatic carbocycles. The minimum absolute atomic E-state index is 0.0124. The predicted molar refractivity (Wildman–Crippen MR) is 133 cm³/mol. The number of hydrogen-bond donors (Lipinski definition) is 0. The molecule has 6 heteroatoms. The summed E-state index contributed by atoms with van der Waals surface area (Å²) in [7, 11) is 0. The fourth-order valence-electron chi connectivity index (χ4n) is 3.43. The van der Waals surface area contributed by atoms with E-state index in [0.717, 1.165) is 17.7 Å². The number of thiocarbonyl (C=S) groups is 1. The number of benzene rings is 2. The summed E-state index contributed by atoms with van der Waals surface area (Å²) >= 11 is 8.49. The quantitative estimate of drug-likeness (QED) is 0.392. The lowest BCUT2D eigenvalue weighted by Gasteiger charge is -2.18. The molecule has 2 heterocycles. The van der Waals surface area contributed by atoms with Crippen LogP contribution in [0, 0.1) is 0 Å². The number of rotatable bonds is 5. The molecule has 1 saturated heterocycles. The highest BCUT2D eigenvalue weighted by Crippen LogP contribution is 2.46. The van der Waals surface area contributed by atoms with Crippen molar-refractivity contribution in [2.24, 2.45) is 0 Å². The molecule has 0 unspecified atom stereocenters. The van der Waals surface area contributed by atoms with E-state index in [-0.39, 0.29) is 5.91 Å². The number of fused-ring (bicyclic) bond motifs is 1. The first kappa shape index (κ1) is 21.0. The Morgan fingerprint density at radius 3 is 2.37 bits per heavy atom. The van der Waals surface area contributed by atoms with Crippen LogP contribution < -0.4 is 4.90 Å². The van der Waals surface area contributed by atoms with Crippen LogP contribution in [-0.4, -0.2) is 28.2 Å². The molecule has 0 radical (unpaired) electrons. The Hall–Kier alpha value is -2.28. The molecule has 0 N–H and O–H groups in total. The zero-order valence-corrected chi connectivity index (χ0v) is 19.3. The summed E-state index contributed by atoms with van der Waals surface area (Å²) in [6, 6.07) is 18.7. The molecule has 1 fully saturated rings. The van der Waals surface area contributed by atoms with Crippen LogP contribution in [0.3, 0.4) is 0 Å². The first-order valence-corrected chi connectivity index (χ1v) is 11.9. The predicted octanol–water partition coefficient (Wildman–Crippen LogP) is 6.31. The number of para-hydroxylation sites is 1. The molecule has 152 valence electrons. The average Bonchev–Trinajstić information content (AvgIpc) is 3.26. The molecule has 0 spiro atoms. The van der Waals surface area contributed by atoms with E-state index in [4.69, 9.17) is 12.2 Å². The van der Waals surface area contributed by atoms with Crippen LogP contribution in [0.1, 0.15) is 19.4 Å². The van der Waals surface area contributed by atoms with E-state index in [2.05, 4.69) is 54.3 Å². The minimum atomic E-state index is -0.0124. The number of carbonyl (C=O) groups is 1. The topological polar surface area (TPSA) is 23.6 Å². The zero-order valence-electron chi connectivity index (χ0n) is 16.9. The van der Waals surface area contributed by atoms with E-state index in [1.165, 1.54) is 27.4 Å². The van der Waals surface area contributed by atoms with Crippen molar-refractivity contribution in [3.63, 3.8) is 0 Å². The van der Waals surface area contributed by atoms with Crippen LogP contribution in [0.4, 0.5) is 5.69 Å². The number of carbonyl (C=O) groups excluding carboxylic acids is 1. The smallest absolute Gasteiger partial charge is 0.266 e. The summed E-state index contributed by atoms with van der Waals surface area (Å²) in [6.07, 6.45) is 6.14. The van der Waals surface area contributed by atoms with Gasteiger partial charge in [-0.05, 0) is 49.3 Å². The third kappa shape index (κ3) is 4.13. The van der Waals surface area contributed by atoms with Gasteiger partial charge in [-0.25, -0.2) is 0 Å². The summed E-state index contributed by atoms with van der Waals surface area (Å²) < 4.78 is 0.626. The van der Waals surface area contributed by atoms with Crippen LogP contribution in [0.2, 0.25) is 0 Å². The maximum Gasteiger partial charge on any atom is 0.266 e. The van der Waals surface area contributed by atoms with E-state index in [1.807, 2.05) is 37.3 Å². The number of thioether (sulfide) groups is 2. The molecule has 0 atom stereocenters. The molecule has 0 bridgehead atoms. The van der Waals surface area contributed by atoms with Crippen LogP contribution in [0.25, 0.3) is 5.57 Å². The largest absolute Gasteiger partial charge is 0.335 e. The third-order valence-corrected chi connectivity index (χ3v) is 7.45.